The molecule has 2 N–H and O–H groups in total. The summed E-state index contributed by atoms with van der Waals surface area (Å²) in [6.07, 6.45) is 3.52. The van der Waals surface area contributed by atoms with E-state index in [-0.39, 0.29) is 0 Å². The highest BCUT2D eigenvalue weighted by Crippen LogP contribution is 2.32. The zero-order chi connectivity index (χ0) is 17.0. The molecule has 1 aromatic carbocycles. The molecule has 1 fully saturated rings. The van der Waals surface area contributed by atoms with E-state index >= 15 is 0 Å². The van der Waals surface area contributed by atoms with Gasteiger partial charge in [-0.25, -0.2) is 4.79 Å². The number of amides is 1. The molecule has 0 unspecified atom stereocenters. The number of benzene rings is 1. The van der Waals surface area contributed by atoms with Gasteiger partial charge in [-0.05, 0) is 37.5 Å². The van der Waals surface area contributed by atoms with Crippen LogP contribution >= 0.6 is 0 Å². The molecular formula is C17H23NO5. The maximum Gasteiger partial charge on any atom is 0.329 e. The number of rotatable bonds is 5. The first-order valence-corrected chi connectivity index (χ1v) is 7.72. The number of carbonyl (C=O) groups excluding carboxylic acids is 1. The fraction of sp³-hybridized carbons (Fsp3) is 0.529. The van der Waals surface area contributed by atoms with Crippen molar-refractivity contribution in [3.63, 3.8) is 0 Å². The normalized spacial score (nSPS) is 16.5. The predicted octanol–water partition coefficient (Wildman–Crippen LogP) is 2.53. The summed E-state index contributed by atoms with van der Waals surface area (Å²) < 4.78 is 10.4. The van der Waals surface area contributed by atoms with Gasteiger partial charge in [0.15, 0.2) is 11.5 Å². The average Bonchev–Trinajstić information content (AvgIpc) is 2.55. The fourth-order valence-corrected chi connectivity index (χ4v) is 3.06. The van der Waals surface area contributed by atoms with Crippen LogP contribution in [0.4, 0.5) is 0 Å². The Labute approximate surface area is 135 Å². The molecule has 0 spiro atoms. The minimum atomic E-state index is -1.17. The second kappa shape index (κ2) is 6.89. The molecule has 6 nitrogen and oxygen atoms in total. The summed E-state index contributed by atoms with van der Waals surface area (Å²) in [7, 11) is 3.02. The number of aliphatic carboxylic acids is 1. The predicted molar refractivity (Wildman–Crippen MR) is 85.2 cm³/mol. The van der Waals surface area contributed by atoms with E-state index in [9.17, 15) is 14.7 Å². The molecule has 0 atom stereocenters. The third-order valence-corrected chi connectivity index (χ3v) is 4.44. The molecule has 1 aliphatic carbocycles. The third-order valence-electron chi connectivity index (χ3n) is 4.44. The van der Waals surface area contributed by atoms with Crippen molar-refractivity contribution in [1.29, 1.82) is 0 Å². The smallest absolute Gasteiger partial charge is 0.329 e. The van der Waals surface area contributed by atoms with Crippen molar-refractivity contribution < 1.29 is 24.2 Å². The zero-order valence-electron chi connectivity index (χ0n) is 13.8. The van der Waals surface area contributed by atoms with Crippen LogP contribution in [0.1, 0.15) is 48.0 Å². The van der Waals surface area contributed by atoms with Crippen LogP contribution in [0.5, 0.6) is 11.5 Å². The standard InChI is InChI=1S/C17H23NO5/c1-11-9-13(22-2)14(23-3)10-12(11)15(19)18-17(16(20)21)7-5-4-6-8-17/h9-10H,4-8H2,1-3H3,(H,18,19)(H,20,21). The zero-order valence-corrected chi connectivity index (χ0v) is 13.8. The van der Waals surface area contributed by atoms with Crippen molar-refractivity contribution >= 4 is 11.9 Å². The lowest BCUT2D eigenvalue weighted by molar-refractivity contribution is -0.145. The highest BCUT2D eigenvalue weighted by Gasteiger charge is 2.41. The van der Waals surface area contributed by atoms with Crippen LogP contribution in [0.15, 0.2) is 12.1 Å². The van der Waals surface area contributed by atoms with E-state index in [2.05, 4.69) is 5.32 Å². The van der Waals surface area contributed by atoms with E-state index in [0.29, 0.717) is 35.5 Å². The van der Waals surface area contributed by atoms with E-state index in [1.54, 1.807) is 19.1 Å². The second-order valence-corrected chi connectivity index (χ2v) is 5.92. The molecule has 0 bridgehead atoms. The third kappa shape index (κ3) is 3.41. The van der Waals surface area contributed by atoms with Crippen molar-refractivity contribution in [1.82, 2.24) is 5.32 Å². The van der Waals surface area contributed by atoms with Gasteiger partial charge in [0.25, 0.3) is 5.91 Å². The Morgan fingerprint density at radius 3 is 2.17 bits per heavy atom. The van der Waals surface area contributed by atoms with Crippen LogP contribution in [0.25, 0.3) is 0 Å². The quantitative estimate of drug-likeness (QED) is 0.870. The number of hydrogen-bond acceptors (Lipinski definition) is 4. The van der Waals surface area contributed by atoms with Crippen molar-refractivity contribution in [3.05, 3.63) is 23.3 Å². The van der Waals surface area contributed by atoms with Crippen LogP contribution in [-0.2, 0) is 4.79 Å². The van der Waals surface area contributed by atoms with Gasteiger partial charge in [-0.2, -0.15) is 0 Å². The van der Waals surface area contributed by atoms with Gasteiger partial charge in [-0.3, -0.25) is 4.79 Å². The van der Waals surface area contributed by atoms with Crippen molar-refractivity contribution in [2.45, 2.75) is 44.6 Å². The minimum Gasteiger partial charge on any atom is -0.493 e. The van der Waals surface area contributed by atoms with Gasteiger partial charge in [0, 0.05) is 5.56 Å². The molecule has 0 aromatic heterocycles. The van der Waals surface area contributed by atoms with Gasteiger partial charge < -0.3 is 19.9 Å². The summed E-state index contributed by atoms with van der Waals surface area (Å²) >= 11 is 0. The number of aryl methyl sites for hydroxylation is 1. The SMILES string of the molecule is COc1cc(C)c(C(=O)NC2(C(=O)O)CCCCC2)cc1OC. The van der Waals surface area contributed by atoms with Gasteiger partial charge in [0.1, 0.15) is 5.54 Å². The number of carbonyl (C=O) groups is 2. The van der Waals surface area contributed by atoms with Crippen LogP contribution in [0.3, 0.4) is 0 Å². The Kier molecular flexibility index (Phi) is 5.13. The number of carboxylic acid groups (broad SMARTS) is 1. The highest BCUT2D eigenvalue weighted by molar-refractivity contribution is 5.99. The number of nitrogens with one attached hydrogen (secondary N) is 1. The van der Waals surface area contributed by atoms with E-state index in [1.807, 2.05) is 0 Å². The van der Waals surface area contributed by atoms with Crippen LogP contribution in [0, 0.1) is 6.92 Å². The minimum absolute atomic E-state index is 0.396. The Bertz CT molecular complexity index is 605. The topological polar surface area (TPSA) is 84.9 Å². The molecule has 126 valence electrons. The molecule has 1 aromatic rings. The summed E-state index contributed by atoms with van der Waals surface area (Å²) in [5.74, 6) is -0.389. The number of hydrogen-bond donors (Lipinski definition) is 2. The van der Waals surface area contributed by atoms with Gasteiger partial charge in [0.05, 0.1) is 14.2 Å². The fourth-order valence-electron chi connectivity index (χ4n) is 3.06. The van der Waals surface area contributed by atoms with E-state index < -0.39 is 17.4 Å². The van der Waals surface area contributed by atoms with Gasteiger partial charge in [-0.15, -0.1) is 0 Å². The molecule has 0 heterocycles. The van der Waals surface area contributed by atoms with E-state index in [1.165, 1.54) is 14.2 Å². The molecule has 1 aliphatic rings. The first-order chi connectivity index (χ1) is 10.9. The lowest BCUT2D eigenvalue weighted by Crippen LogP contribution is -2.55. The lowest BCUT2D eigenvalue weighted by atomic mass is 9.81. The van der Waals surface area contributed by atoms with Crippen LogP contribution in [-0.4, -0.2) is 36.7 Å². The lowest BCUT2D eigenvalue weighted by Gasteiger charge is -2.34. The number of ether oxygens (including phenoxy) is 2. The molecule has 0 aliphatic heterocycles. The van der Waals surface area contributed by atoms with Crippen LogP contribution in [0.2, 0.25) is 0 Å². The van der Waals surface area contributed by atoms with Crippen LogP contribution < -0.4 is 14.8 Å². The monoisotopic (exact) mass is 321 g/mol. The van der Waals surface area contributed by atoms with Gasteiger partial charge in [0.2, 0.25) is 0 Å². The Morgan fingerprint density at radius 2 is 1.65 bits per heavy atom. The van der Waals surface area contributed by atoms with Crippen molar-refractivity contribution in [3.8, 4) is 11.5 Å². The average molecular weight is 321 g/mol. The Balaban J connectivity index is 2.31. The van der Waals surface area contributed by atoms with E-state index in [0.717, 1.165) is 19.3 Å². The summed E-state index contributed by atoms with van der Waals surface area (Å²) in [6.45, 7) is 1.78. The molecule has 1 amide bonds. The summed E-state index contributed by atoms with van der Waals surface area (Å²) in [5, 5.41) is 12.3. The summed E-state index contributed by atoms with van der Waals surface area (Å²) in [6, 6.07) is 3.30. The molecule has 23 heavy (non-hydrogen) atoms. The van der Waals surface area contributed by atoms with Crippen molar-refractivity contribution in [2.75, 3.05) is 14.2 Å². The highest BCUT2D eigenvalue weighted by atomic mass is 16.5. The van der Waals surface area contributed by atoms with Crippen molar-refractivity contribution in [2.24, 2.45) is 0 Å². The molecule has 0 saturated heterocycles. The second-order valence-electron chi connectivity index (χ2n) is 5.92. The summed E-state index contributed by atoms with van der Waals surface area (Å²) in [5.41, 5.74) is -0.0695. The Morgan fingerprint density at radius 1 is 1.09 bits per heavy atom. The molecule has 6 heteroatoms. The Hall–Kier alpha value is -2.24. The first kappa shape index (κ1) is 17.1. The largest absolute Gasteiger partial charge is 0.493 e. The van der Waals surface area contributed by atoms with E-state index in [4.69, 9.17) is 9.47 Å². The first-order valence-electron chi connectivity index (χ1n) is 7.72. The van der Waals surface area contributed by atoms with Gasteiger partial charge in [-0.1, -0.05) is 19.3 Å². The summed E-state index contributed by atoms with van der Waals surface area (Å²) in [4.78, 5) is 24.3. The molecule has 2 rings (SSSR count). The maximum atomic E-state index is 12.6. The maximum absolute atomic E-state index is 12.6. The number of carboxylic acids is 1. The van der Waals surface area contributed by atoms with Gasteiger partial charge >= 0.3 is 5.97 Å². The molecule has 1 saturated carbocycles. The number of methoxy groups -OCH3 is 2. The molecule has 0 radical (unpaired) electrons. The molecular weight excluding hydrogens is 298 g/mol.